The molecule has 0 heterocycles. The second-order valence-electron chi connectivity index (χ2n) is 6.23. The van der Waals surface area contributed by atoms with Crippen molar-refractivity contribution in [2.45, 2.75) is 11.4 Å². The molecule has 0 saturated carbocycles. The Labute approximate surface area is 175 Å². The van der Waals surface area contributed by atoms with Crippen molar-refractivity contribution in [2.75, 3.05) is 0 Å². The standard InChI is InChI=1S/C23H18N2O4S/c24-16-20(23(26)25-17-18-9-3-1-4-10-18)15-19-11-7-8-14-22(19)29-30(27,28)21-12-5-2-6-13-21/h1-15H,17H2,(H,25,26). The van der Waals surface area contributed by atoms with Gasteiger partial charge in [-0.1, -0.05) is 66.7 Å². The number of carbonyl (C=O) groups is 1. The number of hydrogen-bond donors (Lipinski definition) is 1. The van der Waals surface area contributed by atoms with Gasteiger partial charge < -0.3 is 9.50 Å². The fourth-order valence-electron chi connectivity index (χ4n) is 2.61. The maximum Gasteiger partial charge on any atom is 0.339 e. The van der Waals surface area contributed by atoms with Crippen molar-refractivity contribution in [1.29, 1.82) is 5.26 Å². The number of nitriles is 1. The van der Waals surface area contributed by atoms with Crippen LogP contribution in [0.3, 0.4) is 0 Å². The predicted octanol–water partition coefficient (Wildman–Crippen LogP) is 3.68. The molecular weight excluding hydrogens is 400 g/mol. The molecule has 1 amide bonds. The van der Waals surface area contributed by atoms with Crippen LogP contribution in [0, 0.1) is 11.3 Å². The zero-order chi connectivity index (χ0) is 21.4. The monoisotopic (exact) mass is 418 g/mol. The molecule has 0 atom stereocenters. The first-order valence-electron chi connectivity index (χ1n) is 9.02. The van der Waals surface area contributed by atoms with E-state index in [1.54, 1.807) is 36.4 Å². The molecule has 0 aliphatic carbocycles. The molecule has 150 valence electrons. The molecule has 0 saturated heterocycles. The quantitative estimate of drug-likeness (QED) is 0.359. The SMILES string of the molecule is N#CC(=Cc1ccccc1OS(=O)(=O)c1ccccc1)C(=O)NCc1ccccc1. The van der Waals surface area contributed by atoms with Crippen LogP contribution in [0.25, 0.3) is 6.08 Å². The highest BCUT2D eigenvalue weighted by molar-refractivity contribution is 7.87. The molecule has 0 radical (unpaired) electrons. The topological polar surface area (TPSA) is 96.3 Å². The van der Waals surface area contributed by atoms with Crippen LogP contribution in [0.15, 0.2) is 95.4 Å². The van der Waals surface area contributed by atoms with Crippen molar-refractivity contribution in [2.24, 2.45) is 0 Å². The molecule has 7 heteroatoms. The number of amides is 1. The van der Waals surface area contributed by atoms with Gasteiger partial charge in [-0.05, 0) is 29.8 Å². The lowest BCUT2D eigenvalue weighted by Crippen LogP contribution is -2.23. The molecule has 3 aromatic carbocycles. The first kappa shape index (κ1) is 20.8. The van der Waals surface area contributed by atoms with Gasteiger partial charge in [0, 0.05) is 12.1 Å². The van der Waals surface area contributed by atoms with Crippen molar-refractivity contribution in [1.82, 2.24) is 5.32 Å². The summed E-state index contributed by atoms with van der Waals surface area (Å²) in [4.78, 5) is 12.4. The highest BCUT2D eigenvalue weighted by atomic mass is 32.2. The van der Waals surface area contributed by atoms with E-state index in [4.69, 9.17) is 4.18 Å². The van der Waals surface area contributed by atoms with E-state index in [0.29, 0.717) is 5.56 Å². The van der Waals surface area contributed by atoms with Gasteiger partial charge in [0.1, 0.15) is 22.3 Å². The number of nitrogens with zero attached hydrogens (tertiary/aromatic N) is 1. The van der Waals surface area contributed by atoms with Gasteiger partial charge >= 0.3 is 10.1 Å². The Morgan fingerprint density at radius 2 is 1.53 bits per heavy atom. The average Bonchev–Trinajstić information content (AvgIpc) is 2.78. The number of para-hydroxylation sites is 1. The summed E-state index contributed by atoms with van der Waals surface area (Å²) in [6.07, 6.45) is 1.30. The second kappa shape index (κ2) is 9.54. The van der Waals surface area contributed by atoms with Gasteiger partial charge in [-0.25, -0.2) is 0 Å². The molecule has 6 nitrogen and oxygen atoms in total. The van der Waals surface area contributed by atoms with E-state index in [-0.39, 0.29) is 22.8 Å². The van der Waals surface area contributed by atoms with Crippen molar-refractivity contribution in [3.8, 4) is 11.8 Å². The second-order valence-corrected chi connectivity index (χ2v) is 7.77. The largest absolute Gasteiger partial charge is 0.378 e. The van der Waals surface area contributed by atoms with Gasteiger partial charge in [-0.15, -0.1) is 0 Å². The first-order chi connectivity index (χ1) is 14.5. The minimum absolute atomic E-state index is 0.00453. The van der Waals surface area contributed by atoms with E-state index in [2.05, 4.69) is 5.32 Å². The summed E-state index contributed by atoms with van der Waals surface area (Å²) < 4.78 is 30.3. The summed E-state index contributed by atoms with van der Waals surface area (Å²) in [5.74, 6) is -0.549. The van der Waals surface area contributed by atoms with E-state index in [9.17, 15) is 18.5 Å². The Balaban J connectivity index is 1.82. The van der Waals surface area contributed by atoms with Gasteiger partial charge in [0.2, 0.25) is 0 Å². The van der Waals surface area contributed by atoms with Crippen LogP contribution in [0.2, 0.25) is 0 Å². The number of hydrogen-bond acceptors (Lipinski definition) is 5. The van der Waals surface area contributed by atoms with Gasteiger partial charge in [0.05, 0.1) is 0 Å². The molecule has 3 aromatic rings. The van der Waals surface area contributed by atoms with Crippen LogP contribution >= 0.6 is 0 Å². The predicted molar refractivity (Wildman–Crippen MR) is 113 cm³/mol. The van der Waals surface area contributed by atoms with Gasteiger partial charge in [-0.2, -0.15) is 13.7 Å². The van der Waals surface area contributed by atoms with Crippen molar-refractivity contribution in [3.63, 3.8) is 0 Å². The Hall–Kier alpha value is -3.89. The lowest BCUT2D eigenvalue weighted by Gasteiger charge is -2.10. The van der Waals surface area contributed by atoms with Crippen LogP contribution in [0.4, 0.5) is 0 Å². The molecule has 3 rings (SSSR count). The molecule has 0 bridgehead atoms. The summed E-state index contributed by atoms with van der Waals surface area (Å²) in [5, 5.41) is 12.1. The number of rotatable bonds is 7. The van der Waals surface area contributed by atoms with Crippen molar-refractivity contribution < 1.29 is 17.4 Å². The molecular formula is C23H18N2O4S. The summed E-state index contributed by atoms with van der Waals surface area (Å²) in [7, 11) is -4.06. The van der Waals surface area contributed by atoms with Crippen LogP contribution in [0.1, 0.15) is 11.1 Å². The zero-order valence-corrected chi connectivity index (χ0v) is 16.7. The van der Waals surface area contributed by atoms with Crippen molar-refractivity contribution in [3.05, 3.63) is 102 Å². The maximum absolute atomic E-state index is 12.5. The fourth-order valence-corrected chi connectivity index (χ4v) is 3.58. The summed E-state index contributed by atoms with van der Waals surface area (Å²) in [6, 6.07) is 25.1. The molecule has 30 heavy (non-hydrogen) atoms. The van der Waals surface area contributed by atoms with Gasteiger partial charge in [0.25, 0.3) is 5.91 Å². The molecule has 0 fully saturated rings. The van der Waals surface area contributed by atoms with Gasteiger partial charge in [0.15, 0.2) is 0 Å². The Morgan fingerprint density at radius 3 is 2.20 bits per heavy atom. The number of nitrogens with one attached hydrogen (secondary N) is 1. The number of benzene rings is 3. The molecule has 0 aromatic heterocycles. The average molecular weight is 418 g/mol. The summed E-state index contributed by atoms with van der Waals surface area (Å²) in [6.45, 7) is 0.263. The van der Waals surface area contributed by atoms with E-state index in [1.807, 2.05) is 36.4 Å². The van der Waals surface area contributed by atoms with E-state index in [0.717, 1.165) is 5.56 Å². The zero-order valence-electron chi connectivity index (χ0n) is 15.9. The molecule has 0 spiro atoms. The van der Waals surface area contributed by atoms with E-state index < -0.39 is 16.0 Å². The van der Waals surface area contributed by atoms with E-state index in [1.165, 1.54) is 24.3 Å². The van der Waals surface area contributed by atoms with Crippen LogP contribution in [-0.2, 0) is 21.5 Å². The highest BCUT2D eigenvalue weighted by Gasteiger charge is 2.18. The molecule has 0 aliphatic heterocycles. The highest BCUT2D eigenvalue weighted by Crippen LogP contribution is 2.25. The molecule has 1 N–H and O–H groups in total. The third kappa shape index (κ3) is 5.34. The lowest BCUT2D eigenvalue weighted by molar-refractivity contribution is -0.117. The third-order valence-corrected chi connectivity index (χ3v) is 5.36. The third-order valence-electron chi connectivity index (χ3n) is 4.11. The minimum atomic E-state index is -4.06. The summed E-state index contributed by atoms with van der Waals surface area (Å²) >= 11 is 0. The smallest absolute Gasteiger partial charge is 0.339 e. The Bertz CT molecular complexity index is 1200. The van der Waals surface area contributed by atoms with Gasteiger partial charge in [-0.3, -0.25) is 4.79 Å². The van der Waals surface area contributed by atoms with Crippen LogP contribution in [-0.4, -0.2) is 14.3 Å². The molecule has 0 aliphatic rings. The minimum Gasteiger partial charge on any atom is -0.378 e. The van der Waals surface area contributed by atoms with Crippen LogP contribution < -0.4 is 9.50 Å². The maximum atomic E-state index is 12.5. The van der Waals surface area contributed by atoms with Crippen molar-refractivity contribution >= 4 is 22.1 Å². The van der Waals surface area contributed by atoms with E-state index >= 15 is 0 Å². The Morgan fingerprint density at radius 1 is 0.933 bits per heavy atom. The van der Waals surface area contributed by atoms with Crippen LogP contribution in [0.5, 0.6) is 5.75 Å². The first-order valence-corrected chi connectivity index (χ1v) is 10.4. The normalized spacial score (nSPS) is 11.4. The molecule has 0 unspecified atom stereocenters. The lowest BCUT2D eigenvalue weighted by atomic mass is 10.1. The number of carbonyl (C=O) groups excluding carboxylic acids is 1. The summed E-state index contributed by atoms with van der Waals surface area (Å²) in [5.41, 5.74) is 1.02. The fraction of sp³-hybridized carbons (Fsp3) is 0.0435. The Kier molecular flexibility index (Phi) is 6.63.